The molecule has 152 valence electrons. The quantitative estimate of drug-likeness (QED) is 0.372. The Balaban J connectivity index is 1.77. The minimum Gasteiger partial charge on any atom is -0.492 e. The summed E-state index contributed by atoms with van der Waals surface area (Å²) in [6.07, 6.45) is 1.47. The van der Waals surface area contributed by atoms with Gasteiger partial charge in [0.1, 0.15) is 18.1 Å². The molecule has 0 saturated heterocycles. The van der Waals surface area contributed by atoms with Gasteiger partial charge >= 0.3 is 5.97 Å². The van der Waals surface area contributed by atoms with Crippen molar-refractivity contribution in [2.24, 2.45) is 0 Å². The van der Waals surface area contributed by atoms with Crippen molar-refractivity contribution >= 4 is 35.5 Å². The first-order chi connectivity index (χ1) is 13.9. The second-order valence-electron chi connectivity index (χ2n) is 5.88. The van der Waals surface area contributed by atoms with Crippen LogP contribution in [0, 0.1) is 0 Å². The lowest BCUT2D eigenvalue weighted by Crippen LogP contribution is -2.33. The van der Waals surface area contributed by atoms with Crippen LogP contribution < -0.4 is 15.4 Å². The Kier molecular flexibility index (Phi) is 8.72. The highest BCUT2D eigenvalue weighted by atomic mass is 35.5. The molecular weight excluding hydrogens is 396 g/mol. The van der Waals surface area contributed by atoms with Gasteiger partial charge in [-0.3, -0.25) is 9.59 Å². The number of carbonyl (C=O) groups is 3. The van der Waals surface area contributed by atoms with E-state index in [4.69, 9.17) is 21.1 Å². The van der Waals surface area contributed by atoms with Gasteiger partial charge in [-0.15, -0.1) is 0 Å². The molecule has 0 aliphatic carbocycles. The highest BCUT2D eigenvalue weighted by Crippen LogP contribution is 2.15. The first kappa shape index (κ1) is 22.0. The number of amides is 2. The average Bonchev–Trinajstić information content (AvgIpc) is 2.70. The molecule has 0 fully saturated rings. The molecule has 0 bridgehead atoms. The van der Waals surface area contributed by atoms with Crippen LogP contribution in [0.1, 0.15) is 12.5 Å². The molecule has 0 unspecified atom stereocenters. The highest BCUT2D eigenvalue weighted by Gasteiger charge is 2.14. The molecule has 0 atom stereocenters. The van der Waals surface area contributed by atoms with Gasteiger partial charge in [-0.05, 0) is 35.9 Å². The largest absolute Gasteiger partial charge is 0.492 e. The summed E-state index contributed by atoms with van der Waals surface area (Å²) in [6.45, 7) is 1.27. The SMILES string of the molecule is CC(=O)N/C(=C\c1ccccc1)C(=O)OCC(=O)NCCOc1ccc(Cl)cc1. The Morgan fingerprint density at radius 2 is 1.72 bits per heavy atom. The zero-order valence-corrected chi connectivity index (χ0v) is 16.6. The van der Waals surface area contributed by atoms with Crippen LogP contribution in [0.25, 0.3) is 6.08 Å². The predicted octanol–water partition coefficient (Wildman–Crippen LogP) is 2.56. The third-order valence-corrected chi connectivity index (χ3v) is 3.73. The second-order valence-corrected chi connectivity index (χ2v) is 6.31. The molecular formula is C21H21ClN2O5. The maximum atomic E-state index is 12.2. The van der Waals surface area contributed by atoms with Crippen molar-refractivity contribution in [1.82, 2.24) is 10.6 Å². The molecule has 0 spiro atoms. The standard InChI is InChI=1S/C21H21ClN2O5/c1-15(25)24-19(13-16-5-3-2-4-6-16)21(27)29-14-20(26)23-11-12-28-18-9-7-17(22)8-10-18/h2-10,13H,11-12,14H2,1H3,(H,23,26)(H,24,25)/b19-13-. The van der Waals surface area contributed by atoms with Gasteiger partial charge in [0.05, 0.1) is 6.54 Å². The normalized spacial score (nSPS) is 10.8. The van der Waals surface area contributed by atoms with E-state index in [1.165, 1.54) is 13.0 Å². The molecule has 7 nitrogen and oxygen atoms in total. The number of halogens is 1. The van der Waals surface area contributed by atoms with Crippen LogP contribution in [0.15, 0.2) is 60.3 Å². The third kappa shape index (κ3) is 8.49. The number of hydrogen-bond acceptors (Lipinski definition) is 5. The van der Waals surface area contributed by atoms with Crippen LogP contribution in [0.4, 0.5) is 0 Å². The van der Waals surface area contributed by atoms with E-state index < -0.39 is 24.4 Å². The molecule has 0 aliphatic heterocycles. The summed E-state index contributed by atoms with van der Waals surface area (Å²) in [7, 11) is 0. The summed E-state index contributed by atoms with van der Waals surface area (Å²) in [5.74, 6) is -1.09. The number of benzene rings is 2. The fourth-order valence-corrected chi connectivity index (χ4v) is 2.33. The zero-order chi connectivity index (χ0) is 21.1. The molecule has 0 saturated carbocycles. The van der Waals surface area contributed by atoms with Crippen molar-refractivity contribution in [3.8, 4) is 5.75 Å². The van der Waals surface area contributed by atoms with Crippen LogP contribution in [0.3, 0.4) is 0 Å². The molecule has 2 aromatic rings. The van der Waals surface area contributed by atoms with Gasteiger partial charge < -0.3 is 20.1 Å². The molecule has 2 N–H and O–H groups in total. The Bertz CT molecular complexity index is 866. The van der Waals surface area contributed by atoms with Crippen molar-refractivity contribution < 1.29 is 23.9 Å². The van der Waals surface area contributed by atoms with Crippen molar-refractivity contribution in [2.45, 2.75) is 6.92 Å². The Hall–Kier alpha value is -3.32. The van der Waals surface area contributed by atoms with E-state index in [1.54, 1.807) is 48.5 Å². The zero-order valence-electron chi connectivity index (χ0n) is 15.8. The topological polar surface area (TPSA) is 93.7 Å². The molecule has 0 aromatic heterocycles. The van der Waals surface area contributed by atoms with E-state index >= 15 is 0 Å². The molecule has 2 aromatic carbocycles. The third-order valence-electron chi connectivity index (χ3n) is 3.48. The average molecular weight is 417 g/mol. The van der Waals surface area contributed by atoms with E-state index in [9.17, 15) is 14.4 Å². The smallest absolute Gasteiger partial charge is 0.355 e. The summed E-state index contributed by atoms with van der Waals surface area (Å²) in [5, 5.41) is 5.59. The Labute approximate surface area is 173 Å². The van der Waals surface area contributed by atoms with E-state index in [0.29, 0.717) is 16.3 Å². The molecule has 0 aliphatic rings. The number of esters is 1. The van der Waals surface area contributed by atoms with E-state index in [0.717, 1.165) is 0 Å². The van der Waals surface area contributed by atoms with Crippen molar-refractivity contribution in [2.75, 3.05) is 19.8 Å². The maximum Gasteiger partial charge on any atom is 0.355 e. The van der Waals surface area contributed by atoms with Crippen LogP contribution in [-0.4, -0.2) is 37.5 Å². The molecule has 8 heteroatoms. The lowest BCUT2D eigenvalue weighted by molar-refractivity contribution is -0.145. The summed E-state index contributed by atoms with van der Waals surface area (Å²) in [4.78, 5) is 35.4. The van der Waals surface area contributed by atoms with Gasteiger partial charge in [0.15, 0.2) is 6.61 Å². The molecule has 0 radical (unpaired) electrons. The minimum atomic E-state index is -0.809. The second kappa shape index (κ2) is 11.5. The van der Waals surface area contributed by atoms with Crippen LogP contribution >= 0.6 is 11.6 Å². The van der Waals surface area contributed by atoms with Crippen LogP contribution in [0.5, 0.6) is 5.75 Å². The summed E-state index contributed by atoms with van der Waals surface area (Å²) in [5.41, 5.74) is 0.652. The van der Waals surface area contributed by atoms with Crippen molar-refractivity contribution in [3.63, 3.8) is 0 Å². The molecule has 0 heterocycles. The number of hydrogen-bond donors (Lipinski definition) is 2. The van der Waals surface area contributed by atoms with Crippen molar-refractivity contribution in [1.29, 1.82) is 0 Å². The maximum absolute atomic E-state index is 12.2. The summed E-state index contributed by atoms with van der Waals surface area (Å²) in [6, 6.07) is 15.8. The van der Waals surface area contributed by atoms with E-state index in [1.807, 2.05) is 6.07 Å². The molecule has 2 amide bonds. The van der Waals surface area contributed by atoms with E-state index in [-0.39, 0.29) is 18.8 Å². The Morgan fingerprint density at radius 1 is 1.03 bits per heavy atom. The van der Waals surface area contributed by atoms with Gasteiger partial charge in [0, 0.05) is 11.9 Å². The fraction of sp³-hybridized carbons (Fsp3) is 0.190. The Morgan fingerprint density at radius 3 is 2.38 bits per heavy atom. The minimum absolute atomic E-state index is 0.0532. The predicted molar refractivity (Wildman–Crippen MR) is 109 cm³/mol. The summed E-state index contributed by atoms with van der Waals surface area (Å²) >= 11 is 5.79. The van der Waals surface area contributed by atoms with E-state index in [2.05, 4.69) is 10.6 Å². The number of ether oxygens (including phenoxy) is 2. The van der Waals surface area contributed by atoms with Crippen LogP contribution in [0.2, 0.25) is 5.02 Å². The van der Waals surface area contributed by atoms with Gasteiger partial charge in [-0.1, -0.05) is 41.9 Å². The first-order valence-electron chi connectivity index (χ1n) is 8.80. The fourth-order valence-electron chi connectivity index (χ4n) is 2.20. The monoisotopic (exact) mass is 416 g/mol. The van der Waals surface area contributed by atoms with Gasteiger partial charge in [0.2, 0.25) is 5.91 Å². The lowest BCUT2D eigenvalue weighted by atomic mass is 10.2. The number of rotatable bonds is 9. The number of carbonyl (C=O) groups excluding carboxylic acids is 3. The lowest BCUT2D eigenvalue weighted by Gasteiger charge is -2.10. The van der Waals surface area contributed by atoms with Gasteiger partial charge in [-0.25, -0.2) is 4.79 Å². The van der Waals surface area contributed by atoms with Gasteiger partial charge in [-0.2, -0.15) is 0 Å². The van der Waals surface area contributed by atoms with Gasteiger partial charge in [0.25, 0.3) is 5.91 Å². The summed E-state index contributed by atoms with van der Waals surface area (Å²) < 4.78 is 10.4. The van der Waals surface area contributed by atoms with Crippen LogP contribution in [-0.2, 0) is 19.1 Å². The number of nitrogens with one attached hydrogen (secondary N) is 2. The molecule has 29 heavy (non-hydrogen) atoms. The highest BCUT2D eigenvalue weighted by molar-refractivity contribution is 6.30. The molecule has 2 rings (SSSR count). The first-order valence-corrected chi connectivity index (χ1v) is 9.18. The van der Waals surface area contributed by atoms with Crippen molar-refractivity contribution in [3.05, 3.63) is 70.9 Å².